The largest absolute Gasteiger partial charge is 0.478 e. The fourth-order valence-corrected chi connectivity index (χ4v) is 4.83. The van der Waals surface area contributed by atoms with E-state index in [-0.39, 0.29) is 11.1 Å². The zero-order chi connectivity index (χ0) is 18.2. The highest BCUT2D eigenvalue weighted by Gasteiger charge is 2.51. The molecule has 2 N–H and O–H groups in total. The topological polar surface area (TPSA) is 77.8 Å². The van der Waals surface area contributed by atoms with Crippen LogP contribution in [0, 0.1) is 6.92 Å². The molecule has 0 fully saturated rings. The number of rotatable bonds is 5. The predicted molar refractivity (Wildman–Crippen MR) is 94.1 cm³/mol. The summed E-state index contributed by atoms with van der Waals surface area (Å²) in [5.74, 6) is -2.13. The molecule has 0 unspecified atom stereocenters. The molecule has 6 heteroatoms. The molecule has 1 aromatic heterocycles. The maximum Gasteiger partial charge on any atom is 0.334 e. The monoisotopic (exact) mass is 349 g/mol. The zero-order valence-corrected chi connectivity index (χ0v) is 15.5. The van der Waals surface area contributed by atoms with Gasteiger partial charge in [-0.1, -0.05) is 6.92 Å². The Bertz CT molecular complexity index is 719. The Morgan fingerprint density at radius 2 is 1.58 bits per heavy atom. The number of hydrogen-bond acceptors (Lipinski definition) is 4. The van der Waals surface area contributed by atoms with Gasteiger partial charge in [0.05, 0.1) is 16.6 Å². The molecular weight excluding hydrogens is 326 g/mol. The third-order valence-corrected chi connectivity index (χ3v) is 5.83. The minimum Gasteiger partial charge on any atom is -0.478 e. The van der Waals surface area contributed by atoms with E-state index in [0.717, 1.165) is 10.4 Å². The zero-order valence-electron chi connectivity index (χ0n) is 14.6. The molecule has 0 saturated carbocycles. The Balaban J connectivity index is 2.99. The molecule has 0 atom stereocenters. The van der Waals surface area contributed by atoms with E-state index in [0.29, 0.717) is 24.4 Å². The van der Waals surface area contributed by atoms with Crippen molar-refractivity contribution in [3.63, 3.8) is 0 Å². The van der Waals surface area contributed by atoms with Crippen molar-refractivity contribution in [3.05, 3.63) is 44.4 Å². The Kier molecular flexibility index (Phi) is 4.90. The number of allylic oxidation sites excluding steroid dienone is 2. The molecular formula is C18H23NO4S. The highest BCUT2D eigenvalue weighted by Crippen LogP contribution is 2.51. The molecule has 1 aliphatic rings. The Hall–Kier alpha value is -2.08. The number of carboxylic acids is 2. The summed E-state index contributed by atoms with van der Waals surface area (Å²) in [6, 6.07) is 1.86. The van der Waals surface area contributed by atoms with E-state index in [4.69, 9.17) is 0 Å². The van der Waals surface area contributed by atoms with Gasteiger partial charge >= 0.3 is 11.9 Å². The normalized spacial score (nSPS) is 17.5. The van der Waals surface area contributed by atoms with Crippen LogP contribution in [0.15, 0.2) is 34.0 Å². The Morgan fingerprint density at radius 1 is 1.08 bits per heavy atom. The predicted octanol–water partition coefficient (Wildman–Crippen LogP) is 3.76. The highest BCUT2D eigenvalue weighted by atomic mass is 32.1. The van der Waals surface area contributed by atoms with Crippen molar-refractivity contribution < 1.29 is 19.8 Å². The number of thiophene rings is 1. The maximum atomic E-state index is 12.2. The van der Waals surface area contributed by atoms with Crippen molar-refractivity contribution in [3.8, 4) is 0 Å². The summed E-state index contributed by atoms with van der Waals surface area (Å²) in [5, 5.41) is 21.8. The van der Waals surface area contributed by atoms with Gasteiger partial charge in [-0.2, -0.15) is 0 Å². The Morgan fingerprint density at radius 3 is 1.88 bits per heavy atom. The van der Waals surface area contributed by atoms with Crippen LogP contribution in [0.3, 0.4) is 0 Å². The number of nitrogens with zero attached hydrogens (tertiary/aromatic N) is 1. The van der Waals surface area contributed by atoms with Gasteiger partial charge in [0.1, 0.15) is 0 Å². The van der Waals surface area contributed by atoms with E-state index in [9.17, 15) is 19.8 Å². The Labute approximate surface area is 145 Å². The lowest BCUT2D eigenvalue weighted by Gasteiger charge is -2.44. The molecule has 0 aromatic carbocycles. The lowest BCUT2D eigenvalue weighted by Crippen LogP contribution is -2.45. The second-order valence-electron chi connectivity index (χ2n) is 5.92. The summed E-state index contributed by atoms with van der Waals surface area (Å²) in [6.45, 7) is 9.70. The van der Waals surface area contributed by atoms with Gasteiger partial charge in [0.2, 0.25) is 0 Å². The lowest BCUT2D eigenvalue weighted by atomic mass is 9.64. The fraction of sp³-hybridized carbons (Fsp3) is 0.444. The standard InChI is InChI=1S/C18H23NO4S/c1-6-18(13-8-9-24-12(13)5)14(16(20)21)10(3)19(7-2)11(4)15(18)17(22)23/h8-9H,6-7H2,1-5H3,(H,20,21)(H,22,23). The van der Waals surface area contributed by atoms with Crippen LogP contribution >= 0.6 is 11.3 Å². The minimum absolute atomic E-state index is 0.163. The van der Waals surface area contributed by atoms with Crippen LogP contribution in [0.5, 0.6) is 0 Å². The molecule has 0 spiro atoms. The van der Waals surface area contributed by atoms with Gasteiger partial charge < -0.3 is 15.1 Å². The molecule has 0 bridgehead atoms. The molecule has 2 heterocycles. The van der Waals surface area contributed by atoms with Crippen LogP contribution in [-0.4, -0.2) is 33.6 Å². The van der Waals surface area contributed by atoms with Crippen LogP contribution < -0.4 is 0 Å². The number of carboxylic acid groups (broad SMARTS) is 2. The van der Waals surface area contributed by atoms with E-state index >= 15 is 0 Å². The SMILES string of the molecule is CCN1C(C)=C(C(=O)O)C(CC)(c2ccsc2C)C(C(=O)O)=C1C. The average Bonchev–Trinajstić information content (AvgIpc) is 2.92. The van der Waals surface area contributed by atoms with Gasteiger partial charge in [-0.3, -0.25) is 0 Å². The van der Waals surface area contributed by atoms with Crippen LogP contribution in [0.25, 0.3) is 0 Å². The smallest absolute Gasteiger partial charge is 0.334 e. The molecule has 130 valence electrons. The molecule has 2 rings (SSSR count). The third kappa shape index (κ3) is 2.36. The summed E-state index contributed by atoms with van der Waals surface area (Å²) in [5.41, 5.74) is 1.19. The molecule has 5 nitrogen and oxygen atoms in total. The van der Waals surface area contributed by atoms with Gasteiger partial charge in [-0.25, -0.2) is 9.59 Å². The van der Waals surface area contributed by atoms with Gasteiger partial charge in [0, 0.05) is 22.8 Å². The van der Waals surface area contributed by atoms with Crippen LogP contribution in [0.2, 0.25) is 0 Å². The van der Waals surface area contributed by atoms with E-state index in [1.165, 1.54) is 11.3 Å². The number of carbonyl (C=O) groups is 2. The number of aryl methyl sites for hydroxylation is 1. The first-order valence-electron chi connectivity index (χ1n) is 7.95. The maximum absolute atomic E-state index is 12.2. The third-order valence-electron chi connectivity index (χ3n) is 4.98. The van der Waals surface area contributed by atoms with E-state index < -0.39 is 17.4 Å². The van der Waals surface area contributed by atoms with Crippen molar-refractivity contribution in [1.82, 2.24) is 4.90 Å². The van der Waals surface area contributed by atoms with E-state index in [1.54, 1.807) is 18.7 Å². The van der Waals surface area contributed by atoms with Crippen LogP contribution in [0.1, 0.15) is 44.6 Å². The second kappa shape index (κ2) is 6.43. The van der Waals surface area contributed by atoms with E-state index in [2.05, 4.69) is 0 Å². The van der Waals surface area contributed by atoms with Gasteiger partial charge in [-0.05, 0) is 51.1 Å². The minimum atomic E-state index is -1.14. The summed E-state index contributed by atoms with van der Waals surface area (Å²) < 4.78 is 0. The molecule has 0 aliphatic carbocycles. The average molecular weight is 349 g/mol. The molecule has 0 radical (unpaired) electrons. The fourth-order valence-electron chi connectivity index (χ4n) is 4.05. The molecule has 1 aliphatic heterocycles. The van der Waals surface area contributed by atoms with Gasteiger partial charge in [-0.15, -0.1) is 11.3 Å². The molecule has 1 aromatic rings. The van der Waals surface area contributed by atoms with E-state index in [1.807, 2.05) is 32.2 Å². The summed E-state index contributed by atoms with van der Waals surface area (Å²) in [7, 11) is 0. The van der Waals surface area contributed by atoms with Crippen molar-refractivity contribution in [1.29, 1.82) is 0 Å². The second-order valence-corrected chi connectivity index (χ2v) is 7.04. The lowest BCUT2D eigenvalue weighted by molar-refractivity contribution is -0.134. The summed E-state index contributed by atoms with van der Waals surface area (Å²) in [6.07, 6.45) is 0.375. The molecule has 24 heavy (non-hydrogen) atoms. The summed E-state index contributed by atoms with van der Waals surface area (Å²) >= 11 is 1.50. The molecule has 0 amide bonds. The van der Waals surface area contributed by atoms with Crippen molar-refractivity contribution in [2.24, 2.45) is 0 Å². The number of aliphatic carboxylic acids is 2. The van der Waals surface area contributed by atoms with Crippen LogP contribution in [-0.2, 0) is 15.0 Å². The first-order valence-corrected chi connectivity index (χ1v) is 8.83. The van der Waals surface area contributed by atoms with Crippen LogP contribution in [0.4, 0.5) is 0 Å². The first-order chi connectivity index (χ1) is 11.2. The number of hydrogen-bond donors (Lipinski definition) is 2. The van der Waals surface area contributed by atoms with Crippen molar-refractivity contribution in [2.75, 3.05) is 6.54 Å². The highest BCUT2D eigenvalue weighted by molar-refractivity contribution is 7.10. The van der Waals surface area contributed by atoms with Crippen molar-refractivity contribution in [2.45, 2.75) is 46.5 Å². The van der Waals surface area contributed by atoms with Gasteiger partial charge in [0.15, 0.2) is 0 Å². The quantitative estimate of drug-likeness (QED) is 0.846. The van der Waals surface area contributed by atoms with Crippen molar-refractivity contribution >= 4 is 23.3 Å². The summed E-state index contributed by atoms with van der Waals surface area (Å²) in [4.78, 5) is 27.1. The molecule has 0 saturated heterocycles. The first kappa shape index (κ1) is 18.3. The van der Waals surface area contributed by atoms with Gasteiger partial charge in [0.25, 0.3) is 0 Å².